The van der Waals surface area contributed by atoms with Crippen LogP contribution in [-0.2, 0) is 16.2 Å². The first kappa shape index (κ1) is 25.3. The van der Waals surface area contributed by atoms with Gasteiger partial charge in [-0.1, -0.05) is 56.8 Å². The number of hydrogen-bond acceptors (Lipinski definition) is 4. The van der Waals surface area contributed by atoms with E-state index in [0.29, 0.717) is 43.2 Å². The summed E-state index contributed by atoms with van der Waals surface area (Å²) in [6.45, 7) is 1.86. The summed E-state index contributed by atoms with van der Waals surface area (Å²) < 4.78 is 6.71. The van der Waals surface area contributed by atoms with E-state index in [2.05, 4.69) is 21.2 Å². The lowest BCUT2D eigenvalue weighted by atomic mass is 10.0. The monoisotopic (exact) mass is 592 g/mol. The minimum atomic E-state index is -0.831. The molecule has 0 unspecified atom stereocenters. The Morgan fingerprint density at radius 2 is 1.69 bits per heavy atom. The van der Waals surface area contributed by atoms with Crippen LogP contribution in [0.2, 0.25) is 15.1 Å². The van der Waals surface area contributed by atoms with Crippen molar-refractivity contribution in [2.24, 2.45) is 0 Å². The normalized spacial score (nSPS) is 14.9. The molecule has 0 saturated carbocycles. The molecule has 3 aromatic rings. The number of ether oxygens (including phenoxy) is 1. The standard InChI is InChI=1S/C25H16BrCl3N2O4/c1-13-8-16(26)3-6-21(13)31-24(33)19(23(32)30-25(31)34)10-15-9-17(27)5-7-22(15)35-12-14-2-4-18(28)11-20(14)29/h2-11H,12H2,1H3,(H,30,32,34)/b19-10-. The zero-order chi connectivity index (χ0) is 25.3. The van der Waals surface area contributed by atoms with Crippen molar-refractivity contribution < 1.29 is 19.1 Å². The number of aryl methyl sites for hydroxylation is 1. The van der Waals surface area contributed by atoms with Crippen LogP contribution in [0.1, 0.15) is 16.7 Å². The fourth-order valence-electron chi connectivity index (χ4n) is 3.46. The highest BCUT2D eigenvalue weighted by Crippen LogP contribution is 2.31. The van der Waals surface area contributed by atoms with Gasteiger partial charge in [0.25, 0.3) is 11.8 Å². The highest BCUT2D eigenvalue weighted by molar-refractivity contribution is 9.10. The summed E-state index contributed by atoms with van der Waals surface area (Å²) in [6, 6.07) is 14.1. The van der Waals surface area contributed by atoms with Crippen molar-refractivity contribution in [1.82, 2.24) is 5.32 Å². The molecule has 0 aliphatic carbocycles. The molecule has 4 amide bonds. The molecular formula is C25H16BrCl3N2O4. The van der Waals surface area contributed by atoms with Gasteiger partial charge in [-0.2, -0.15) is 0 Å². The second kappa shape index (κ2) is 10.4. The maximum absolute atomic E-state index is 13.3. The van der Waals surface area contributed by atoms with Crippen LogP contribution in [0.3, 0.4) is 0 Å². The highest BCUT2D eigenvalue weighted by Gasteiger charge is 2.37. The molecule has 4 rings (SSSR count). The Kier molecular flexibility index (Phi) is 7.52. The van der Waals surface area contributed by atoms with Crippen molar-refractivity contribution >= 4 is 80.3 Å². The van der Waals surface area contributed by atoms with Gasteiger partial charge in [-0.25, -0.2) is 9.69 Å². The van der Waals surface area contributed by atoms with E-state index in [-0.39, 0.29) is 12.2 Å². The first-order valence-electron chi connectivity index (χ1n) is 10.2. The van der Waals surface area contributed by atoms with Crippen LogP contribution < -0.4 is 15.0 Å². The summed E-state index contributed by atoms with van der Waals surface area (Å²) in [7, 11) is 0. The molecule has 1 N–H and O–H groups in total. The maximum atomic E-state index is 13.3. The van der Waals surface area contributed by atoms with Gasteiger partial charge in [0.1, 0.15) is 17.9 Å². The molecule has 1 aliphatic rings. The van der Waals surface area contributed by atoms with Crippen LogP contribution in [0.15, 0.2) is 64.6 Å². The zero-order valence-corrected chi connectivity index (χ0v) is 21.9. The summed E-state index contributed by atoms with van der Waals surface area (Å²) in [5, 5.41) is 3.52. The molecule has 6 nitrogen and oxygen atoms in total. The molecule has 1 saturated heterocycles. The lowest BCUT2D eigenvalue weighted by Gasteiger charge is -2.27. The van der Waals surface area contributed by atoms with E-state index in [1.165, 1.54) is 6.08 Å². The number of nitrogens with zero attached hydrogens (tertiary/aromatic N) is 1. The zero-order valence-electron chi connectivity index (χ0n) is 18.1. The van der Waals surface area contributed by atoms with E-state index in [9.17, 15) is 14.4 Å². The predicted octanol–water partition coefficient (Wildman–Crippen LogP) is 6.96. The molecule has 3 aromatic carbocycles. The fraction of sp³-hybridized carbons (Fsp3) is 0.0800. The third-order valence-electron chi connectivity index (χ3n) is 5.17. The van der Waals surface area contributed by atoms with Gasteiger partial charge >= 0.3 is 6.03 Å². The number of benzene rings is 3. The van der Waals surface area contributed by atoms with Gasteiger partial charge in [0.15, 0.2) is 0 Å². The maximum Gasteiger partial charge on any atom is 0.335 e. The average Bonchev–Trinajstić information content (AvgIpc) is 2.78. The van der Waals surface area contributed by atoms with Crippen LogP contribution >= 0.6 is 50.7 Å². The van der Waals surface area contributed by atoms with Crippen LogP contribution in [0.25, 0.3) is 6.08 Å². The number of halogens is 4. The van der Waals surface area contributed by atoms with E-state index >= 15 is 0 Å². The van der Waals surface area contributed by atoms with E-state index in [1.54, 1.807) is 61.5 Å². The third kappa shape index (κ3) is 5.54. The number of urea groups is 1. The molecule has 10 heteroatoms. The summed E-state index contributed by atoms with van der Waals surface area (Å²) in [5.41, 5.74) is 1.85. The number of hydrogen-bond donors (Lipinski definition) is 1. The van der Waals surface area contributed by atoms with Gasteiger partial charge < -0.3 is 4.74 Å². The third-order valence-corrected chi connectivity index (χ3v) is 6.49. The topological polar surface area (TPSA) is 75.7 Å². The number of nitrogens with one attached hydrogen (secondary N) is 1. The molecule has 0 spiro atoms. The molecule has 0 atom stereocenters. The summed E-state index contributed by atoms with van der Waals surface area (Å²) in [6.07, 6.45) is 1.34. The molecule has 1 heterocycles. The Labute approximate surface area is 224 Å². The lowest BCUT2D eigenvalue weighted by Crippen LogP contribution is -2.54. The number of barbiturate groups is 1. The Morgan fingerprint density at radius 3 is 2.40 bits per heavy atom. The van der Waals surface area contributed by atoms with Crippen LogP contribution in [-0.4, -0.2) is 17.8 Å². The van der Waals surface area contributed by atoms with Crippen molar-refractivity contribution in [2.75, 3.05) is 4.90 Å². The smallest absolute Gasteiger partial charge is 0.335 e. The first-order chi connectivity index (χ1) is 16.6. The van der Waals surface area contributed by atoms with Gasteiger partial charge in [-0.3, -0.25) is 14.9 Å². The van der Waals surface area contributed by atoms with Gasteiger partial charge in [0.2, 0.25) is 0 Å². The second-order valence-corrected chi connectivity index (χ2v) is 9.79. The lowest BCUT2D eigenvalue weighted by molar-refractivity contribution is -0.122. The number of imide groups is 2. The van der Waals surface area contributed by atoms with Crippen molar-refractivity contribution in [3.05, 3.63) is 96.4 Å². The Balaban J connectivity index is 1.69. The Morgan fingerprint density at radius 1 is 0.971 bits per heavy atom. The number of carbonyl (C=O) groups excluding carboxylic acids is 3. The van der Waals surface area contributed by atoms with Gasteiger partial charge in [0.05, 0.1) is 5.69 Å². The number of rotatable bonds is 5. The fourth-order valence-corrected chi connectivity index (χ4v) is 4.58. The molecule has 0 bridgehead atoms. The van der Waals surface area contributed by atoms with E-state index in [4.69, 9.17) is 39.5 Å². The Bertz CT molecular complexity index is 1410. The van der Waals surface area contributed by atoms with E-state index in [1.807, 2.05) is 0 Å². The quantitative estimate of drug-likeness (QED) is 0.256. The minimum Gasteiger partial charge on any atom is -0.488 e. The number of anilines is 1. The van der Waals surface area contributed by atoms with Crippen LogP contribution in [0, 0.1) is 6.92 Å². The van der Waals surface area contributed by atoms with Crippen molar-refractivity contribution in [3.63, 3.8) is 0 Å². The second-order valence-electron chi connectivity index (χ2n) is 7.60. The molecule has 0 aromatic heterocycles. The summed E-state index contributed by atoms with van der Waals surface area (Å²) >= 11 is 21.7. The van der Waals surface area contributed by atoms with E-state index < -0.39 is 17.8 Å². The number of amides is 4. The predicted molar refractivity (Wildman–Crippen MR) is 140 cm³/mol. The van der Waals surface area contributed by atoms with Crippen molar-refractivity contribution in [2.45, 2.75) is 13.5 Å². The van der Waals surface area contributed by atoms with Crippen LogP contribution in [0.5, 0.6) is 5.75 Å². The van der Waals surface area contributed by atoms with Gasteiger partial charge in [-0.15, -0.1) is 0 Å². The molecule has 35 heavy (non-hydrogen) atoms. The van der Waals surface area contributed by atoms with Crippen LogP contribution in [0.4, 0.5) is 10.5 Å². The minimum absolute atomic E-state index is 0.108. The van der Waals surface area contributed by atoms with Crippen molar-refractivity contribution in [1.29, 1.82) is 0 Å². The molecular weight excluding hydrogens is 579 g/mol. The molecule has 178 valence electrons. The molecule has 0 radical (unpaired) electrons. The van der Waals surface area contributed by atoms with Gasteiger partial charge in [0, 0.05) is 30.7 Å². The Hall–Kier alpha value is -2.84. The summed E-state index contributed by atoms with van der Waals surface area (Å²) in [4.78, 5) is 39.4. The van der Waals surface area contributed by atoms with Gasteiger partial charge in [-0.05, 0) is 67.1 Å². The largest absolute Gasteiger partial charge is 0.488 e. The molecule has 1 aliphatic heterocycles. The number of carbonyl (C=O) groups is 3. The first-order valence-corrected chi connectivity index (χ1v) is 12.1. The summed E-state index contributed by atoms with van der Waals surface area (Å²) in [5.74, 6) is -1.23. The van der Waals surface area contributed by atoms with E-state index in [0.717, 1.165) is 9.37 Å². The average molecular weight is 595 g/mol. The molecule has 1 fully saturated rings. The SMILES string of the molecule is Cc1cc(Br)ccc1N1C(=O)NC(=O)/C(=C/c2cc(Cl)ccc2OCc2ccc(Cl)cc2Cl)C1=O. The highest BCUT2D eigenvalue weighted by atomic mass is 79.9. The van der Waals surface area contributed by atoms with Crippen molar-refractivity contribution in [3.8, 4) is 5.75 Å².